The monoisotopic (exact) mass is 322 g/mol. The summed E-state index contributed by atoms with van der Waals surface area (Å²) in [6.45, 7) is 5.30. The Balaban J connectivity index is 2.12. The Morgan fingerprint density at radius 2 is 2.00 bits per heavy atom. The average Bonchev–Trinajstić information content (AvgIpc) is 2.85. The van der Waals surface area contributed by atoms with Gasteiger partial charge in [-0.05, 0) is 33.1 Å². The fourth-order valence-electron chi connectivity index (χ4n) is 2.60. The van der Waals surface area contributed by atoms with Crippen molar-refractivity contribution in [2.75, 3.05) is 0 Å². The zero-order chi connectivity index (χ0) is 17.1. The third-order valence-corrected chi connectivity index (χ3v) is 3.77. The van der Waals surface area contributed by atoms with Gasteiger partial charge in [-0.15, -0.1) is 0 Å². The van der Waals surface area contributed by atoms with Crippen LogP contribution in [-0.2, 0) is 23.1 Å². The maximum atomic E-state index is 12.5. The Kier molecular flexibility index (Phi) is 5.02. The van der Waals surface area contributed by atoms with Crippen LogP contribution in [0.15, 0.2) is 15.8 Å². The van der Waals surface area contributed by atoms with Crippen molar-refractivity contribution in [3.8, 4) is 0 Å². The molecule has 0 spiro atoms. The van der Waals surface area contributed by atoms with Gasteiger partial charge in [0.15, 0.2) is 0 Å². The molecule has 0 saturated heterocycles. The molecule has 2 aromatic heterocycles. The van der Waals surface area contributed by atoms with E-state index in [2.05, 4.69) is 4.98 Å². The highest BCUT2D eigenvalue weighted by atomic mass is 16.5. The van der Waals surface area contributed by atoms with Crippen molar-refractivity contribution in [2.45, 2.75) is 52.7 Å². The minimum Gasteiger partial charge on any atom is -0.463 e. The first kappa shape index (κ1) is 17.0. The first-order valence-corrected chi connectivity index (χ1v) is 7.64. The van der Waals surface area contributed by atoms with Crippen molar-refractivity contribution in [1.29, 1.82) is 0 Å². The van der Waals surface area contributed by atoms with Crippen LogP contribution in [0.3, 0.4) is 0 Å². The number of ether oxygens (including phenoxy) is 1. The number of esters is 1. The predicted octanol–water partition coefficient (Wildman–Crippen LogP) is 0.625. The molecule has 0 radical (unpaired) electrons. The first-order valence-electron chi connectivity index (χ1n) is 7.64. The second-order valence-electron chi connectivity index (χ2n) is 5.73. The van der Waals surface area contributed by atoms with E-state index < -0.39 is 0 Å². The van der Waals surface area contributed by atoms with Crippen molar-refractivity contribution in [1.82, 2.24) is 18.5 Å². The highest BCUT2D eigenvalue weighted by Gasteiger charge is 2.13. The largest absolute Gasteiger partial charge is 0.463 e. The molecule has 1 unspecified atom stereocenters. The Labute approximate surface area is 133 Å². The first-order chi connectivity index (χ1) is 10.8. The van der Waals surface area contributed by atoms with E-state index in [4.69, 9.17) is 4.74 Å². The van der Waals surface area contributed by atoms with Crippen LogP contribution in [0.1, 0.15) is 38.8 Å². The number of imidazole rings is 1. The van der Waals surface area contributed by atoms with Gasteiger partial charge in [-0.25, -0.2) is 23.5 Å². The van der Waals surface area contributed by atoms with E-state index in [-0.39, 0.29) is 23.5 Å². The van der Waals surface area contributed by atoms with Crippen LogP contribution in [0.5, 0.6) is 0 Å². The van der Waals surface area contributed by atoms with E-state index >= 15 is 0 Å². The normalized spacial score (nSPS) is 12.5. The van der Waals surface area contributed by atoms with Gasteiger partial charge in [0.25, 0.3) is 0 Å². The Morgan fingerprint density at radius 3 is 2.65 bits per heavy atom. The lowest BCUT2D eigenvalue weighted by Crippen LogP contribution is -2.43. The number of carbonyl (C=O) groups excluding carboxylic acids is 1. The summed E-state index contributed by atoms with van der Waals surface area (Å²) >= 11 is 0. The average molecular weight is 322 g/mol. The maximum Gasteiger partial charge on any atom is 0.339 e. The molecule has 0 aliphatic carbocycles. The summed E-state index contributed by atoms with van der Waals surface area (Å²) in [5, 5.41) is 0. The zero-order valence-electron chi connectivity index (χ0n) is 13.9. The van der Waals surface area contributed by atoms with E-state index in [1.54, 1.807) is 20.2 Å². The predicted molar refractivity (Wildman–Crippen MR) is 84.5 cm³/mol. The number of nitrogens with zero attached hydrogens (tertiary/aromatic N) is 4. The Morgan fingerprint density at radius 1 is 1.30 bits per heavy atom. The van der Waals surface area contributed by atoms with Gasteiger partial charge < -0.3 is 4.74 Å². The third kappa shape index (κ3) is 3.52. The molecule has 1 atom stereocenters. The fraction of sp³-hybridized carbons (Fsp3) is 0.600. The summed E-state index contributed by atoms with van der Waals surface area (Å²) < 4.78 is 9.07. The van der Waals surface area contributed by atoms with Gasteiger partial charge in [-0.2, -0.15) is 0 Å². The number of carbonyl (C=O) groups is 1. The van der Waals surface area contributed by atoms with E-state index in [9.17, 15) is 14.4 Å². The van der Waals surface area contributed by atoms with Gasteiger partial charge in [-0.1, -0.05) is 0 Å². The van der Waals surface area contributed by atoms with Gasteiger partial charge in [-0.3, -0.25) is 9.36 Å². The molecule has 8 nitrogen and oxygen atoms in total. The molecule has 126 valence electrons. The zero-order valence-corrected chi connectivity index (χ0v) is 13.9. The van der Waals surface area contributed by atoms with Crippen LogP contribution in [-0.4, -0.2) is 30.6 Å². The summed E-state index contributed by atoms with van der Waals surface area (Å²) in [5.74, 6) is 0.0425. The van der Waals surface area contributed by atoms with Crippen LogP contribution in [0, 0.1) is 6.92 Å². The van der Waals surface area contributed by atoms with E-state index in [0.29, 0.717) is 30.9 Å². The molecule has 8 heteroatoms. The van der Waals surface area contributed by atoms with Crippen LogP contribution < -0.4 is 11.4 Å². The van der Waals surface area contributed by atoms with Crippen molar-refractivity contribution in [3.63, 3.8) is 0 Å². The molecule has 0 bridgehead atoms. The molecule has 0 N–H and O–H groups in total. The van der Waals surface area contributed by atoms with E-state index in [1.165, 1.54) is 20.5 Å². The van der Waals surface area contributed by atoms with Crippen molar-refractivity contribution in [3.05, 3.63) is 32.9 Å². The number of aromatic nitrogens is 4. The Hall–Kier alpha value is -2.38. The number of hydrogen-bond donors (Lipinski definition) is 0. The minimum absolute atomic E-state index is 0.162. The van der Waals surface area contributed by atoms with E-state index in [0.717, 1.165) is 6.42 Å². The Bertz CT molecular complexity index is 830. The molecular formula is C15H22N4O4. The van der Waals surface area contributed by atoms with E-state index in [1.807, 2.05) is 6.92 Å². The highest BCUT2D eigenvalue weighted by Crippen LogP contribution is 2.05. The van der Waals surface area contributed by atoms with Gasteiger partial charge in [0, 0.05) is 26.2 Å². The summed E-state index contributed by atoms with van der Waals surface area (Å²) in [6, 6.07) is 0. The molecule has 0 amide bonds. The standard InChI is InChI=1S/C15H22N4O4/c1-10-9-16-13-17(4)14(21)18(15(22)19(10)13)8-6-5-7-11(2)23-12(3)20/h9,11H,5-8H2,1-4H3. The molecule has 0 saturated carbocycles. The quantitative estimate of drug-likeness (QED) is 0.575. The van der Waals surface area contributed by atoms with Crippen LogP contribution >= 0.6 is 0 Å². The van der Waals surface area contributed by atoms with Crippen LogP contribution in [0.25, 0.3) is 5.78 Å². The van der Waals surface area contributed by atoms with Crippen molar-refractivity contribution < 1.29 is 9.53 Å². The number of unbranched alkanes of at least 4 members (excludes halogenated alkanes) is 1. The number of hydrogen-bond acceptors (Lipinski definition) is 5. The van der Waals surface area contributed by atoms with Crippen molar-refractivity contribution >= 4 is 11.7 Å². The molecule has 2 rings (SSSR count). The number of aryl methyl sites for hydroxylation is 2. The number of rotatable bonds is 6. The minimum atomic E-state index is -0.374. The van der Waals surface area contributed by atoms with Gasteiger partial charge in [0.05, 0.1) is 12.3 Å². The molecule has 0 aliphatic heterocycles. The maximum absolute atomic E-state index is 12.5. The lowest BCUT2D eigenvalue weighted by atomic mass is 10.2. The highest BCUT2D eigenvalue weighted by molar-refractivity contribution is 5.66. The molecule has 23 heavy (non-hydrogen) atoms. The second kappa shape index (κ2) is 6.80. The fourth-order valence-corrected chi connectivity index (χ4v) is 2.60. The molecule has 0 fully saturated rings. The molecule has 2 heterocycles. The van der Waals surface area contributed by atoms with Crippen LogP contribution in [0.4, 0.5) is 0 Å². The topological polar surface area (TPSA) is 87.6 Å². The molecule has 2 aromatic rings. The van der Waals surface area contributed by atoms with Gasteiger partial charge >= 0.3 is 17.3 Å². The molecule has 0 aromatic carbocycles. The molecule has 0 aliphatic rings. The van der Waals surface area contributed by atoms with Crippen LogP contribution in [0.2, 0.25) is 0 Å². The number of fused-ring (bicyclic) bond motifs is 1. The van der Waals surface area contributed by atoms with Gasteiger partial charge in [0.1, 0.15) is 0 Å². The summed E-state index contributed by atoms with van der Waals surface area (Å²) in [7, 11) is 1.60. The lowest BCUT2D eigenvalue weighted by molar-refractivity contribution is -0.145. The summed E-state index contributed by atoms with van der Waals surface area (Å²) in [4.78, 5) is 39.7. The SMILES string of the molecule is CC(=O)OC(C)CCCCn1c(=O)n(C)c2ncc(C)n2c1=O. The summed E-state index contributed by atoms with van der Waals surface area (Å²) in [5.41, 5.74) is -0.0508. The summed E-state index contributed by atoms with van der Waals surface area (Å²) in [6.07, 6.45) is 3.51. The third-order valence-electron chi connectivity index (χ3n) is 3.77. The van der Waals surface area contributed by atoms with Gasteiger partial charge in [0.2, 0.25) is 5.78 Å². The van der Waals surface area contributed by atoms with Crippen molar-refractivity contribution in [2.24, 2.45) is 7.05 Å². The molecular weight excluding hydrogens is 300 g/mol. The lowest BCUT2D eigenvalue weighted by Gasteiger charge is -2.12. The second-order valence-corrected chi connectivity index (χ2v) is 5.73. The smallest absolute Gasteiger partial charge is 0.339 e.